The standard InChI is InChI=1S/C14H18N2O4/c1-9-13(17)15-6-7-16(9)14(18)10-4-5-11(19-2)12(8-10)20-3/h4-5,8-9H,6-7H2,1-3H3,(H,15,17). The molecule has 0 spiro atoms. The molecule has 6 nitrogen and oxygen atoms in total. The van der Waals surface area contributed by atoms with Crippen LogP contribution in [-0.4, -0.2) is 50.1 Å². The summed E-state index contributed by atoms with van der Waals surface area (Å²) in [5.41, 5.74) is 0.476. The number of nitrogens with one attached hydrogen (secondary N) is 1. The van der Waals surface area contributed by atoms with Crippen molar-refractivity contribution in [3.63, 3.8) is 0 Å². The molecule has 1 N–H and O–H groups in total. The Hall–Kier alpha value is -2.24. The molecule has 1 aromatic carbocycles. The smallest absolute Gasteiger partial charge is 0.254 e. The Kier molecular flexibility index (Phi) is 4.12. The second kappa shape index (κ2) is 5.81. The van der Waals surface area contributed by atoms with E-state index < -0.39 is 6.04 Å². The van der Waals surface area contributed by atoms with Crippen molar-refractivity contribution in [2.75, 3.05) is 27.3 Å². The highest BCUT2D eigenvalue weighted by atomic mass is 16.5. The Morgan fingerprint density at radius 3 is 2.65 bits per heavy atom. The van der Waals surface area contributed by atoms with Crippen molar-refractivity contribution in [1.82, 2.24) is 10.2 Å². The van der Waals surface area contributed by atoms with Crippen molar-refractivity contribution in [2.24, 2.45) is 0 Å². The number of hydrogen-bond donors (Lipinski definition) is 1. The second-order valence-electron chi connectivity index (χ2n) is 4.54. The van der Waals surface area contributed by atoms with E-state index in [0.29, 0.717) is 30.2 Å². The van der Waals surface area contributed by atoms with Crippen LogP contribution in [0.15, 0.2) is 18.2 Å². The summed E-state index contributed by atoms with van der Waals surface area (Å²) in [6, 6.07) is 4.51. The predicted molar refractivity (Wildman–Crippen MR) is 73.1 cm³/mol. The lowest BCUT2D eigenvalue weighted by Gasteiger charge is -2.32. The molecule has 20 heavy (non-hydrogen) atoms. The second-order valence-corrected chi connectivity index (χ2v) is 4.54. The normalized spacial score (nSPS) is 18.4. The lowest BCUT2D eigenvalue weighted by molar-refractivity contribution is -0.127. The van der Waals surface area contributed by atoms with Crippen molar-refractivity contribution >= 4 is 11.8 Å². The van der Waals surface area contributed by atoms with Gasteiger partial charge >= 0.3 is 0 Å². The Labute approximate surface area is 117 Å². The molecular weight excluding hydrogens is 260 g/mol. The molecule has 0 radical (unpaired) electrons. The van der Waals surface area contributed by atoms with Crippen molar-refractivity contribution < 1.29 is 19.1 Å². The van der Waals surface area contributed by atoms with Crippen molar-refractivity contribution in [1.29, 1.82) is 0 Å². The van der Waals surface area contributed by atoms with Gasteiger partial charge in [0.15, 0.2) is 11.5 Å². The molecule has 1 atom stereocenters. The van der Waals surface area contributed by atoms with E-state index in [1.165, 1.54) is 14.2 Å². The zero-order chi connectivity index (χ0) is 14.7. The number of carbonyl (C=O) groups is 2. The SMILES string of the molecule is COc1ccc(C(=O)N2CCNC(=O)C2C)cc1OC. The highest BCUT2D eigenvalue weighted by Gasteiger charge is 2.30. The first kappa shape index (κ1) is 14.2. The van der Waals surface area contributed by atoms with Crippen LogP contribution in [0.4, 0.5) is 0 Å². The van der Waals surface area contributed by atoms with Crippen LogP contribution in [0.2, 0.25) is 0 Å². The molecule has 6 heteroatoms. The van der Waals surface area contributed by atoms with Gasteiger partial charge < -0.3 is 19.7 Å². The topological polar surface area (TPSA) is 67.9 Å². The molecule has 1 fully saturated rings. The Morgan fingerprint density at radius 2 is 2.00 bits per heavy atom. The summed E-state index contributed by atoms with van der Waals surface area (Å²) in [4.78, 5) is 25.6. The molecule has 1 aliphatic heterocycles. The highest BCUT2D eigenvalue weighted by Crippen LogP contribution is 2.28. The summed E-state index contributed by atoms with van der Waals surface area (Å²) >= 11 is 0. The molecule has 1 heterocycles. The van der Waals surface area contributed by atoms with Gasteiger partial charge in [-0.2, -0.15) is 0 Å². The van der Waals surface area contributed by atoms with Gasteiger partial charge in [-0.25, -0.2) is 0 Å². The number of nitrogens with zero attached hydrogens (tertiary/aromatic N) is 1. The summed E-state index contributed by atoms with van der Waals surface area (Å²) in [7, 11) is 3.06. The predicted octanol–water partition coefficient (Wildman–Crippen LogP) is 0.664. The van der Waals surface area contributed by atoms with Gasteiger partial charge in [-0.15, -0.1) is 0 Å². The lowest BCUT2D eigenvalue weighted by atomic mass is 10.1. The van der Waals surface area contributed by atoms with Crippen LogP contribution in [-0.2, 0) is 4.79 Å². The third-order valence-electron chi connectivity index (χ3n) is 3.39. The number of piperazine rings is 1. The summed E-state index contributed by atoms with van der Waals surface area (Å²) < 4.78 is 10.3. The number of ether oxygens (including phenoxy) is 2. The van der Waals surface area contributed by atoms with Crippen LogP contribution < -0.4 is 14.8 Å². The third kappa shape index (κ3) is 2.54. The number of methoxy groups -OCH3 is 2. The van der Waals surface area contributed by atoms with E-state index in [2.05, 4.69) is 5.32 Å². The van der Waals surface area contributed by atoms with Gasteiger partial charge in [-0.05, 0) is 25.1 Å². The number of hydrogen-bond acceptors (Lipinski definition) is 4. The van der Waals surface area contributed by atoms with Gasteiger partial charge in [0.1, 0.15) is 6.04 Å². The average Bonchev–Trinajstić information content (AvgIpc) is 2.48. The molecule has 1 unspecified atom stereocenters. The van der Waals surface area contributed by atoms with Crippen LogP contribution in [0.25, 0.3) is 0 Å². The molecule has 108 valence electrons. The maximum absolute atomic E-state index is 12.5. The number of amides is 2. The van der Waals surface area contributed by atoms with Gasteiger partial charge in [0, 0.05) is 18.7 Å². The van der Waals surface area contributed by atoms with Crippen LogP contribution in [0, 0.1) is 0 Å². The molecule has 0 bridgehead atoms. The molecule has 0 aliphatic carbocycles. The molecular formula is C14H18N2O4. The summed E-state index contributed by atoms with van der Waals surface area (Å²) in [5, 5.41) is 2.73. The van der Waals surface area contributed by atoms with E-state index in [4.69, 9.17) is 9.47 Å². The fourth-order valence-corrected chi connectivity index (χ4v) is 2.19. The lowest BCUT2D eigenvalue weighted by Crippen LogP contribution is -2.55. The van der Waals surface area contributed by atoms with Crippen molar-refractivity contribution in [3.8, 4) is 11.5 Å². The molecule has 1 aromatic rings. The fraction of sp³-hybridized carbons (Fsp3) is 0.429. The van der Waals surface area contributed by atoms with Gasteiger partial charge in [0.05, 0.1) is 14.2 Å². The van der Waals surface area contributed by atoms with E-state index in [0.717, 1.165) is 0 Å². The molecule has 2 rings (SSSR count). The van der Waals surface area contributed by atoms with Crippen LogP contribution in [0.3, 0.4) is 0 Å². The van der Waals surface area contributed by atoms with Gasteiger partial charge in [-0.1, -0.05) is 0 Å². The van der Waals surface area contributed by atoms with Crippen molar-refractivity contribution in [2.45, 2.75) is 13.0 Å². The number of rotatable bonds is 3. The van der Waals surface area contributed by atoms with Crippen LogP contribution >= 0.6 is 0 Å². The van der Waals surface area contributed by atoms with Gasteiger partial charge in [-0.3, -0.25) is 9.59 Å². The quantitative estimate of drug-likeness (QED) is 0.882. The minimum Gasteiger partial charge on any atom is -0.493 e. The largest absolute Gasteiger partial charge is 0.493 e. The zero-order valence-electron chi connectivity index (χ0n) is 11.8. The van der Waals surface area contributed by atoms with Crippen molar-refractivity contribution in [3.05, 3.63) is 23.8 Å². The van der Waals surface area contributed by atoms with Gasteiger partial charge in [0.2, 0.25) is 5.91 Å². The number of carbonyl (C=O) groups excluding carboxylic acids is 2. The minimum atomic E-state index is -0.468. The van der Waals surface area contributed by atoms with Gasteiger partial charge in [0.25, 0.3) is 5.91 Å². The minimum absolute atomic E-state index is 0.134. The van der Waals surface area contributed by atoms with E-state index in [1.54, 1.807) is 30.0 Å². The molecule has 0 saturated carbocycles. The highest BCUT2D eigenvalue weighted by molar-refractivity contribution is 5.98. The fourth-order valence-electron chi connectivity index (χ4n) is 2.19. The van der Waals surface area contributed by atoms with E-state index in [9.17, 15) is 9.59 Å². The molecule has 0 aromatic heterocycles. The van der Waals surface area contributed by atoms with E-state index in [1.807, 2.05) is 0 Å². The molecule has 2 amide bonds. The van der Waals surface area contributed by atoms with Crippen LogP contribution in [0.1, 0.15) is 17.3 Å². The zero-order valence-corrected chi connectivity index (χ0v) is 11.8. The van der Waals surface area contributed by atoms with E-state index in [-0.39, 0.29) is 11.8 Å². The first-order valence-electron chi connectivity index (χ1n) is 6.39. The maximum atomic E-state index is 12.5. The Balaban J connectivity index is 2.26. The Morgan fingerprint density at radius 1 is 1.30 bits per heavy atom. The van der Waals surface area contributed by atoms with Crippen LogP contribution in [0.5, 0.6) is 11.5 Å². The monoisotopic (exact) mass is 278 g/mol. The Bertz CT molecular complexity index is 530. The number of benzene rings is 1. The summed E-state index contributed by atoms with van der Waals surface area (Å²) in [6.07, 6.45) is 0. The molecule has 1 aliphatic rings. The maximum Gasteiger partial charge on any atom is 0.254 e. The summed E-state index contributed by atoms with van der Waals surface area (Å²) in [6.45, 7) is 2.69. The third-order valence-corrected chi connectivity index (χ3v) is 3.39. The summed E-state index contributed by atoms with van der Waals surface area (Å²) in [5.74, 6) is 0.735. The average molecular weight is 278 g/mol. The first-order valence-corrected chi connectivity index (χ1v) is 6.39. The molecule has 1 saturated heterocycles. The van der Waals surface area contributed by atoms with E-state index >= 15 is 0 Å². The first-order chi connectivity index (χ1) is 9.58.